The van der Waals surface area contributed by atoms with Crippen molar-refractivity contribution in [1.82, 2.24) is 0 Å². The van der Waals surface area contributed by atoms with Crippen molar-refractivity contribution >= 4 is 39.4 Å². The summed E-state index contributed by atoms with van der Waals surface area (Å²) in [5.41, 5.74) is 0.498. The van der Waals surface area contributed by atoms with Crippen molar-refractivity contribution < 1.29 is 9.72 Å². The normalized spacial score (nSPS) is 9.62. The van der Waals surface area contributed by atoms with Gasteiger partial charge in [0.25, 0.3) is 5.69 Å². The highest BCUT2D eigenvalue weighted by atomic mass is 79.9. The van der Waals surface area contributed by atoms with E-state index in [1.165, 1.54) is 19.1 Å². The fraction of sp³-hybridized carbons (Fsp3) is 0.111. The van der Waals surface area contributed by atoms with E-state index < -0.39 is 4.92 Å². The van der Waals surface area contributed by atoms with Gasteiger partial charge in [0.15, 0.2) is 0 Å². The van der Waals surface area contributed by atoms with Crippen molar-refractivity contribution in [2.75, 3.05) is 5.32 Å². The van der Waals surface area contributed by atoms with Gasteiger partial charge < -0.3 is 10.7 Å². The molecule has 0 saturated carbocycles. The number of nitro benzene ring substituents is 1. The number of anilines is 1. The first-order chi connectivity index (χ1) is 7.45. The molecule has 0 aliphatic heterocycles. The lowest BCUT2D eigenvalue weighted by Crippen LogP contribution is -2.08. The number of carbonyl (C=O) groups is 1. The molecule has 0 bridgehead atoms. The molecule has 7 heteroatoms. The maximum Gasteiger partial charge on any atom is 0.284 e. The van der Waals surface area contributed by atoms with Gasteiger partial charge >= 0.3 is 0 Å². The Morgan fingerprint density at radius 3 is 2.69 bits per heavy atom. The minimum absolute atomic E-state index is 0.146. The number of nitrogens with zero attached hydrogens (tertiary/aromatic N) is 1. The number of nitrogens with one attached hydrogen (secondary N) is 2. The Morgan fingerprint density at radius 1 is 1.62 bits per heavy atom. The van der Waals surface area contributed by atoms with E-state index >= 15 is 0 Å². The lowest BCUT2D eigenvalue weighted by atomic mass is 10.1. The van der Waals surface area contributed by atoms with Crippen LogP contribution < -0.4 is 5.32 Å². The van der Waals surface area contributed by atoms with Crippen LogP contribution in [-0.2, 0) is 4.79 Å². The Balaban J connectivity index is 3.31. The van der Waals surface area contributed by atoms with E-state index in [1.807, 2.05) is 0 Å². The highest BCUT2D eigenvalue weighted by Gasteiger charge is 2.15. The zero-order valence-electron chi connectivity index (χ0n) is 8.28. The largest absolute Gasteiger partial charge is 0.326 e. The summed E-state index contributed by atoms with van der Waals surface area (Å²) in [5, 5.41) is 20.2. The molecule has 0 spiro atoms. The summed E-state index contributed by atoms with van der Waals surface area (Å²) in [4.78, 5) is 21.0. The molecule has 0 aliphatic rings. The predicted octanol–water partition coefficient (Wildman–Crippen LogP) is 2.31. The standard InChI is InChI=1S/C9H8BrN3O3/c1-5(14)12-8-3-7(10)9(13(15)16)2-6(8)4-11/h2-4,11H,1H3,(H,12,14). The third-order valence-corrected chi connectivity index (χ3v) is 2.42. The van der Waals surface area contributed by atoms with E-state index in [4.69, 9.17) is 5.41 Å². The van der Waals surface area contributed by atoms with Gasteiger partial charge in [-0.15, -0.1) is 0 Å². The molecule has 1 rings (SSSR count). The quantitative estimate of drug-likeness (QED) is 0.507. The van der Waals surface area contributed by atoms with E-state index in [-0.39, 0.29) is 21.6 Å². The van der Waals surface area contributed by atoms with Crippen LogP contribution in [0.2, 0.25) is 0 Å². The summed E-state index contributed by atoms with van der Waals surface area (Å²) in [7, 11) is 0. The molecule has 0 radical (unpaired) electrons. The van der Waals surface area contributed by atoms with E-state index in [0.717, 1.165) is 6.21 Å². The molecule has 1 aromatic carbocycles. The average molecular weight is 286 g/mol. The number of hydrogen-bond acceptors (Lipinski definition) is 4. The maximum atomic E-state index is 10.9. The van der Waals surface area contributed by atoms with Gasteiger partial charge in [-0.3, -0.25) is 14.9 Å². The van der Waals surface area contributed by atoms with Gasteiger partial charge in [0.05, 0.1) is 15.1 Å². The minimum Gasteiger partial charge on any atom is -0.326 e. The first-order valence-corrected chi connectivity index (χ1v) is 5.01. The van der Waals surface area contributed by atoms with E-state index in [0.29, 0.717) is 5.69 Å². The fourth-order valence-corrected chi connectivity index (χ4v) is 1.62. The minimum atomic E-state index is -0.561. The van der Waals surface area contributed by atoms with Crippen LogP contribution in [0.5, 0.6) is 0 Å². The number of benzene rings is 1. The smallest absolute Gasteiger partial charge is 0.284 e. The Labute approximate surface area is 99.4 Å². The van der Waals surface area contributed by atoms with Crippen LogP contribution in [0.3, 0.4) is 0 Å². The lowest BCUT2D eigenvalue weighted by molar-refractivity contribution is -0.385. The molecule has 16 heavy (non-hydrogen) atoms. The van der Waals surface area contributed by atoms with Crippen LogP contribution in [0.1, 0.15) is 12.5 Å². The molecule has 1 amide bonds. The van der Waals surface area contributed by atoms with Crippen molar-refractivity contribution in [3.8, 4) is 0 Å². The average Bonchev–Trinajstić information content (AvgIpc) is 2.16. The highest BCUT2D eigenvalue weighted by molar-refractivity contribution is 9.10. The number of rotatable bonds is 3. The van der Waals surface area contributed by atoms with Crippen LogP contribution in [0.4, 0.5) is 11.4 Å². The van der Waals surface area contributed by atoms with Crippen molar-refractivity contribution in [2.45, 2.75) is 6.92 Å². The van der Waals surface area contributed by atoms with Gasteiger partial charge in [-0.25, -0.2) is 0 Å². The van der Waals surface area contributed by atoms with Gasteiger partial charge in [0.2, 0.25) is 5.91 Å². The molecular formula is C9H8BrN3O3. The van der Waals surface area contributed by atoms with Gasteiger partial charge in [0.1, 0.15) is 0 Å². The summed E-state index contributed by atoms with van der Waals surface area (Å²) in [5.74, 6) is -0.302. The Kier molecular flexibility index (Phi) is 3.73. The van der Waals surface area contributed by atoms with Crippen molar-refractivity contribution in [3.05, 3.63) is 32.3 Å². The van der Waals surface area contributed by atoms with Crippen LogP contribution in [0, 0.1) is 15.5 Å². The second-order valence-electron chi connectivity index (χ2n) is 2.97. The van der Waals surface area contributed by atoms with E-state index in [2.05, 4.69) is 21.2 Å². The van der Waals surface area contributed by atoms with Crippen molar-refractivity contribution in [3.63, 3.8) is 0 Å². The fourth-order valence-electron chi connectivity index (χ4n) is 1.14. The molecule has 1 aromatic rings. The Hall–Kier alpha value is -1.76. The molecule has 0 heterocycles. The van der Waals surface area contributed by atoms with Gasteiger partial charge in [0, 0.05) is 24.8 Å². The van der Waals surface area contributed by atoms with Crippen LogP contribution in [0.25, 0.3) is 0 Å². The summed E-state index contributed by atoms with van der Waals surface area (Å²) in [6.45, 7) is 1.32. The number of amides is 1. The van der Waals surface area contributed by atoms with Crippen molar-refractivity contribution in [2.24, 2.45) is 0 Å². The van der Waals surface area contributed by atoms with Crippen LogP contribution in [-0.4, -0.2) is 17.0 Å². The molecule has 6 nitrogen and oxygen atoms in total. The number of hydrogen-bond donors (Lipinski definition) is 2. The second-order valence-corrected chi connectivity index (χ2v) is 3.83. The Morgan fingerprint density at radius 2 is 2.25 bits per heavy atom. The second kappa shape index (κ2) is 4.84. The van der Waals surface area contributed by atoms with E-state index in [1.54, 1.807) is 0 Å². The van der Waals surface area contributed by atoms with E-state index in [9.17, 15) is 14.9 Å². The van der Waals surface area contributed by atoms with Crippen LogP contribution in [0.15, 0.2) is 16.6 Å². The molecule has 0 fully saturated rings. The summed E-state index contributed by atoms with van der Waals surface area (Å²) < 4.78 is 0.256. The molecule has 0 atom stereocenters. The van der Waals surface area contributed by atoms with Gasteiger partial charge in [-0.1, -0.05) is 0 Å². The topological polar surface area (TPSA) is 96.1 Å². The Bertz CT molecular complexity index is 473. The molecule has 0 unspecified atom stereocenters. The maximum absolute atomic E-state index is 10.9. The molecular weight excluding hydrogens is 278 g/mol. The monoisotopic (exact) mass is 285 g/mol. The third-order valence-electron chi connectivity index (χ3n) is 1.78. The van der Waals surface area contributed by atoms with Crippen molar-refractivity contribution in [1.29, 1.82) is 5.41 Å². The highest BCUT2D eigenvalue weighted by Crippen LogP contribution is 2.30. The summed E-state index contributed by atoms with van der Waals surface area (Å²) in [6, 6.07) is 2.63. The van der Waals surface area contributed by atoms with Crippen LogP contribution >= 0.6 is 15.9 Å². The third kappa shape index (κ3) is 2.63. The number of nitro groups is 1. The van der Waals surface area contributed by atoms with Gasteiger partial charge in [-0.05, 0) is 22.0 Å². The lowest BCUT2D eigenvalue weighted by Gasteiger charge is -2.07. The number of halogens is 1. The van der Waals surface area contributed by atoms with Gasteiger partial charge in [-0.2, -0.15) is 0 Å². The first-order valence-electron chi connectivity index (χ1n) is 4.21. The molecule has 0 aliphatic carbocycles. The summed E-state index contributed by atoms with van der Waals surface area (Å²) >= 11 is 3.03. The predicted molar refractivity (Wildman–Crippen MR) is 63.0 cm³/mol. The molecule has 84 valence electrons. The molecule has 0 saturated heterocycles. The molecule has 0 aromatic heterocycles. The zero-order valence-corrected chi connectivity index (χ0v) is 9.87. The first kappa shape index (κ1) is 12.3. The molecule has 2 N–H and O–H groups in total. The number of carbonyl (C=O) groups excluding carboxylic acids is 1. The summed E-state index contributed by atoms with van der Waals surface area (Å²) in [6.07, 6.45) is 0.949. The SMILES string of the molecule is CC(=O)Nc1cc(Br)c([N+](=O)[O-])cc1C=N. The zero-order chi connectivity index (χ0) is 12.3.